The van der Waals surface area contributed by atoms with Gasteiger partial charge in [0.05, 0.1) is 0 Å². The highest BCUT2D eigenvalue weighted by Crippen LogP contribution is 2.21. The second-order valence-electron chi connectivity index (χ2n) is 6.54. The number of benzene rings is 2. The molecule has 2 aromatic rings. The molecule has 0 bridgehead atoms. The molecule has 0 spiro atoms. The van der Waals surface area contributed by atoms with Gasteiger partial charge >= 0.3 is 0 Å². The van der Waals surface area contributed by atoms with E-state index >= 15 is 0 Å². The zero-order valence-corrected chi connectivity index (χ0v) is 15.4. The summed E-state index contributed by atoms with van der Waals surface area (Å²) in [6, 6.07) is 11.9. The molecule has 0 atom stereocenters. The maximum absolute atomic E-state index is 13.9. The Morgan fingerprint density at radius 1 is 1.00 bits per heavy atom. The van der Waals surface area contributed by atoms with Crippen LogP contribution in [0.25, 0.3) is 0 Å². The van der Waals surface area contributed by atoms with E-state index in [1.54, 1.807) is 6.07 Å². The van der Waals surface area contributed by atoms with Gasteiger partial charge in [-0.05, 0) is 37.1 Å². The summed E-state index contributed by atoms with van der Waals surface area (Å²) in [5.74, 6) is -0.694. The number of hydrogen-bond acceptors (Lipinski definition) is 3. The van der Waals surface area contributed by atoms with Crippen LogP contribution in [-0.4, -0.2) is 43.8 Å². The lowest BCUT2D eigenvalue weighted by Crippen LogP contribution is -2.48. The van der Waals surface area contributed by atoms with E-state index in [4.69, 9.17) is 0 Å². The molecule has 0 amide bonds. The van der Waals surface area contributed by atoms with Gasteiger partial charge in [-0.15, -0.1) is 0 Å². The van der Waals surface area contributed by atoms with Gasteiger partial charge in [0.2, 0.25) is 10.0 Å². The monoisotopic (exact) mass is 362 g/mol. The molecule has 0 radical (unpaired) electrons. The van der Waals surface area contributed by atoms with Crippen LogP contribution in [0.1, 0.15) is 16.7 Å². The molecule has 1 saturated heterocycles. The Balaban J connectivity index is 1.68. The van der Waals surface area contributed by atoms with E-state index in [1.165, 1.54) is 39.2 Å². The van der Waals surface area contributed by atoms with Crippen LogP contribution in [0.2, 0.25) is 0 Å². The number of sulfonamides is 1. The minimum absolute atomic E-state index is 0.238. The van der Waals surface area contributed by atoms with Gasteiger partial charge in [0.15, 0.2) is 0 Å². The molecule has 0 N–H and O–H groups in total. The summed E-state index contributed by atoms with van der Waals surface area (Å²) in [6.45, 7) is 7.00. The first-order valence-corrected chi connectivity index (χ1v) is 9.85. The third kappa shape index (κ3) is 3.92. The average Bonchev–Trinajstić information content (AvgIpc) is 2.59. The number of halogens is 1. The topological polar surface area (TPSA) is 40.6 Å². The van der Waals surface area contributed by atoms with E-state index in [1.807, 2.05) is 0 Å². The van der Waals surface area contributed by atoms with Gasteiger partial charge in [-0.25, -0.2) is 12.8 Å². The highest BCUT2D eigenvalue weighted by molar-refractivity contribution is 7.89. The van der Waals surface area contributed by atoms with E-state index in [9.17, 15) is 12.8 Å². The van der Waals surface area contributed by atoms with Crippen molar-refractivity contribution in [3.8, 4) is 0 Å². The molecule has 3 rings (SSSR count). The van der Waals surface area contributed by atoms with E-state index in [-0.39, 0.29) is 4.90 Å². The first-order valence-electron chi connectivity index (χ1n) is 8.41. The molecule has 1 aliphatic rings. The van der Waals surface area contributed by atoms with Gasteiger partial charge in [-0.1, -0.05) is 35.9 Å². The minimum Gasteiger partial charge on any atom is -0.296 e. The summed E-state index contributed by atoms with van der Waals surface area (Å²) in [5, 5.41) is 0. The van der Waals surface area contributed by atoms with Gasteiger partial charge in [-0.2, -0.15) is 4.31 Å². The van der Waals surface area contributed by atoms with Gasteiger partial charge in [-0.3, -0.25) is 4.90 Å². The van der Waals surface area contributed by atoms with Crippen LogP contribution in [0, 0.1) is 19.7 Å². The number of hydrogen-bond donors (Lipinski definition) is 0. The molecule has 0 unspecified atom stereocenters. The Bertz CT molecular complexity index is 859. The van der Waals surface area contributed by atoms with Crippen LogP contribution in [-0.2, 0) is 16.6 Å². The van der Waals surface area contributed by atoms with Crippen LogP contribution in [0.4, 0.5) is 4.39 Å². The van der Waals surface area contributed by atoms with Crippen LogP contribution in [0.5, 0.6) is 0 Å². The highest BCUT2D eigenvalue weighted by atomic mass is 32.2. The van der Waals surface area contributed by atoms with E-state index in [2.05, 4.69) is 36.9 Å². The number of nitrogens with zero attached hydrogens (tertiary/aromatic N) is 2. The summed E-state index contributed by atoms with van der Waals surface area (Å²) in [5.41, 5.74) is 3.73. The van der Waals surface area contributed by atoms with Crippen LogP contribution in [0.15, 0.2) is 47.4 Å². The minimum atomic E-state index is -3.77. The number of rotatable bonds is 4. The van der Waals surface area contributed by atoms with Gasteiger partial charge in [0.25, 0.3) is 0 Å². The molecule has 134 valence electrons. The maximum atomic E-state index is 13.9. The summed E-state index contributed by atoms with van der Waals surface area (Å²) in [6.07, 6.45) is 0. The van der Waals surface area contributed by atoms with Crippen molar-refractivity contribution in [2.24, 2.45) is 0 Å². The zero-order valence-electron chi connectivity index (χ0n) is 14.6. The first-order chi connectivity index (χ1) is 11.9. The molecule has 1 heterocycles. The molecule has 4 nitrogen and oxygen atoms in total. The Labute approximate surface area is 148 Å². The van der Waals surface area contributed by atoms with Crippen LogP contribution < -0.4 is 0 Å². The summed E-state index contributed by atoms with van der Waals surface area (Å²) in [4.78, 5) is 2.01. The molecule has 0 saturated carbocycles. The average molecular weight is 362 g/mol. The van der Waals surface area contributed by atoms with Crippen molar-refractivity contribution < 1.29 is 12.8 Å². The van der Waals surface area contributed by atoms with Crippen LogP contribution in [0.3, 0.4) is 0 Å². The van der Waals surface area contributed by atoms with Crippen molar-refractivity contribution in [1.82, 2.24) is 9.21 Å². The molecule has 2 aromatic carbocycles. The van der Waals surface area contributed by atoms with Crippen molar-refractivity contribution in [3.63, 3.8) is 0 Å². The van der Waals surface area contributed by atoms with E-state index in [0.29, 0.717) is 26.2 Å². The lowest BCUT2D eigenvalue weighted by atomic mass is 10.1. The lowest BCUT2D eigenvalue weighted by molar-refractivity contribution is 0.181. The molecule has 1 aliphatic heterocycles. The first kappa shape index (κ1) is 18.0. The standard InChI is InChI=1S/C19H23FN2O2S/c1-15-7-8-16(2)17(13-15)14-21-9-11-22(12-10-21)25(23,24)19-6-4-3-5-18(19)20/h3-8,13H,9-12,14H2,1-2H3. The predicted octanol–water partition coefficient (Wildman–Crippen LogP) is 2.95. The fraction of sp³-hybridized carbons (Fsp3) is 0.368. The Morgan fingerprint density at radius 3 is 2.36 bits per heavy atom. The normalized spacial score (nSPS) is 16.9. The maximum Gasteiger partial charge on any atom is 0.246 e. The van der Waals surface area contributed by atoms with Crippen molar-refractivity contribution in [2.75, 3.05) is 26.2 Å². The molecular weight excluding hydrogens is 339 g/mol. The van der Waals surface area contributed by atoms with E-state index < -0.39 is 15.8 Å². The number of piperazine rings is 1. The lowest BCUT2D eigenvalue weighted by Gasteiger charge is -2.34. The largest absolute Gasteiger partial charge is 0.296 e. The molecular formula is C19H23FN2O2S. The van der Waals surface area contributed by atoms with E-state index in [0.717, 1.165) is 6.54 Å². The Hall–Kier alpha value is -1.76. The highest BCUT2D eigenvalue weighted by Gasteiger charge is 2.30. The number of aryl methyl sites for hydroxylation is 2. The molecule has 1 fully saturated rings. The quantitative estimate of drug-likeness (QED) is 0.840. The molecule has 0 aromatic heterocycles. The summed E-state index contributed by atoms with van der Waals surface area (Å²) < 4.78 is 40.5. The smallest absolute Gasteiger partial charge is 0.246 e. The van der Waals surface area contributed by atoms with Crippen molar-refractivity contribution in [1.29, 1.82) is 0 Å². The van der Waals surface area contributed by atoms with Crippen molar-refractivity contribution in [2.45, 2.75) is 25.3 Å². The molecule has 6 heteroatoms. The fourth-order valence-electron chi connectivity index (χ4n) is 3.13. The Kier molecular flexibility index (Phi) is 5.22. The predicted molar refractivity (Wildman–Crippen MR) is 96.4 cm³/mol. The van der Waals surface area contributed by atoms with Gasteiger partial charge in [0, 0.05) is 32.7 Å². The molecule has 25 heavy (non-hydrogen) atoms. The molecule has 0 aliphatic carbocycles. The van der Waals surface area contributed by atoms with Gasteiger partial charge in [0.1, 0.15) is 10.7 Å². The zero-order chi connectivity index (χ0) is 18.0. The second-order valence-corrected chi connectivity index (χ2v) is 8.45. The Morgan fingerprint density at radius 2 is 1.68 bits per heavy atom. The van der Waals surface area contributed by atoms with Gasteiger partial charge < -0.3 is 0 Å². The summed E-state index contributed by atoms with van der Waals surface area (Å²) >= 11 is 0. The van der Waals surface area contributed by atoms with Crippen molar-refractivity contribution >= 4 is 10.0 Å². The SMILES string of the molecule is Cc1ccc(C)c(CN2CCN(S(=O)(=O)c3ccccc3F)CC2)c1. The third-order valence-electron chi connectivity index (χ3n) is 4.68. The fourth-order valence-corrected chi connectivity index (χ4v) is 4.62. The summed E-state index contributed by atoms with van der Waals surface area (Å²) in [7, 11) is -3.77. The van der Waals surface area contributed by atoms with Crippen molar-refractivity contribution in [3.05, 3.63) is 65.0 Å². The third-order valence-corrected chi connectivity index (χ3v) is 6.62. The second kappa shape index (κ2) is 7.23. The van der Waals surface area contributed by atoms with Crippen LogP contribution >= 0.6 is 0 Å².